The van der Waals surface area contributed by atoms with Gasteiger partial charge in [-0.3, -0.25) is 0 Å². The Morgan fingerprint density at radius 1 is 1.21 bits per heavy atom. The summed E-state index contributed by atoms with van der Waals surface area (Å²) in [5.41, 5.74) is 1.02. The highest BCUT2D eigenvalue weighted by molar-refractivity contribution is 5.25. The molecule has 1 rings (SSSR count). The van der Waals surface area contributed by atoms with Gasteiger partial charge in [0.2, 0.25) is 0 Å². The molecule has 0 aromatic heterocycles. The Bertz CT molecular complexity index is 261. The van der Waals surface area contributed by atoms with Crippen LogP contribution in [0.15, 0.2) is 24.3 Å². The topological polar surface area (TPSA) is 72.7 Å². The lowest BCUT2D eigenvalue weighted by Crippen LogP contribution is -2.28. The lowest BCUT2D eigenvalue weighted by Gasteiger charge is -2.08. The number of phenols is 1. The summed E-state index contributed by atoms with van der Waals surface area (Å²) in [6, 6.07) is 6.82. The standard InChI is InChI=1S/C10H15NO3/c12-7-10(14)6-11-5-8-1-3-9(13)4-2-8/h1-4,10-14H,5-7H2/t10-/m1/s1. The van der Waals surface area contributed by atoms with Gasteiger partial charge in [0, 0.05) is 13.1 Å². The molecule has 0 bridgehead atoms. The van der Waals surface area contributed by atoms with Gasteiger partial charge in [-0.2, -0.15) is 0 Å². The first-order valence-corrected chi connectivity index (χ1v) is 4.50. The number of aliphatic hydroxyl groups excluding tert-OH is 2. The van der Waals surface area contributed by atoms with Crippen LogP contribution in [-0.4, -0.2) is 34.6 Å². The molecule has 0 heterocycles. The number of rotatable bonds is 5. The number of nitrogens with one attached hydrogen (secondary N) is 1. The van der Waals surface area contributed by atoms with E-state index in [-0.39, 0.29) is 12.4 Å². The number of aliphatic hydroxyl groups is 2. The third kappa shape index (κ3) is 3.74. The Labute approximate surface area is 82.8 Å². The summed E-state index contributed by atoms with van der Waals surface area (Å²) in [5, 5.41) is 29.6. The summed E-state index contributed by atoms with van der Waals surface area (Å²) in [6.45, 7) is 0.733. The van der Waals surface area contributed by atoms with Gasteiger partial charge in [-0.05, 0) is 17.7 Å². The summed E-state index contributed by atoms with van der Waals surface area (Å²) in [5.74, 6) is 0.240. The first-order chi connectivity index (χ1) is 6.72. The van der Waals surface area contributed by atoms with E-state index in [1.54, 1.807) is 24.3 Å². The van der Waals surface area contributed by atoms with Crippen molar-refractivity contribution in [2.45, 2.75) is 12.6 Å². The van der Waals surface area contributed by atoms with E-state index in [1.165, 1.54) is 0 Å². The first-order valence-electron chi connectivity index (χ1n) is 4.50. The van der Waals surface area contributed by atoms with E-state index < -0.39 is 6.10 Å². The van der Waals surface area contributed by atoms with Gasteiger partial charge in [-0.15, -0.1) is 0 Å². The van der Waals surface area contributed by atoms with Gasteiger partial charge in [0.15, 0.2) is 0 Å². The second-order valence-corrected chi connectivity index (χ2v) is 3.13. The van der Waals surface area contributed by atoms with E-state index in [9.17, 15) is 0 Å². The van der Waals surface area contributed by atoms with Crippen molar-refractivity contribution in [3.05, 3.63) is 29.8 Å². The molecule has 78 valence electrons. The summed E-state index contributed by atoms with van der Waals surface area (Å²) < 4.78 is 0. The van der Waals surface area contributed by atoms with Crippen molar-refractivity contribution in [2.24, 2.45) is 0 Å². The number of aromatic hydroxyl groups is 1. The van der Waals surface area contributed by atoms with Gasteiger partial charge in [-0.25, -0.2) is 0 Å². The van der Waals surface area contributed by atoms with Crippen LogP contribution in [0.2, 0.25) is 0 Å². The van der Waals surface area contributed by atoms with Crippen LogP contribution in [0.3, 0.4) is 0 Å². The lowest BCUT2D eigenvalue weighted by molar-refractivity contribution is 0.0942. The van der Waals surface area contributed by atoms with E-state index in [0.29, 0.717) is 13.1 Å². The molecule has 1 aromatic rings. The summed E-state index contributed by atoms with van der Waals surface area (Å²) in [4.78, 5) is 0. The highest BCUT2D eigenvalue weighted by atomic mass is 16.3. The minimum atomic E-state index is -0.716. The minimum Gasteiger partial charge on any atom is -0.508 e. The molecule has 0 spiro atoms. The Morgan fingerprint density at radius 2 is 1.86 bits per heavy atom. The molecule has 14 heavy (non-hydrogen) atoms. The largest absolute Gasteiger partial charge is 0.508 e. The van der Waals surface area contributed by atoms with E-state index in [4.69, 9.17) is 15.3 Å². The average molecular weight is 197 g/mol. The fourth-order valence-corrected chi connectivity index (χ4v) is 1.06. The van der Waals surface area contributed by atoms with Crippen LogP contribution >= 0.6 is 0 Å². The molecule has 1 atom stereocenters. The molecule has 0 fully saturated rings. The molecule has 0 aliphatic heterocycles. The van der Waals surface area contributed by atoms with Crippen LogP contribution in [0.4, 0.5) is 0 Å². The zero-order valence-corrected chi connectivity index (χ0v) is 7.85. The molecule has 0 radical (unpaired) electrons. The first kappa shape index (κ1) is 11.0. The van der Waals surface area contributed by atoms with Gasteiger partial charge < -0.3 is 20.6 Å². The molecule has 4 N–H and O–H groups in total. The van der Waals surface area contributed by atoms with E-state index in [2.05, 4.69) is 5.32 Å². The van der Waals surface area contributed by atoms with Crippen molar-refractivity contribution in [1.29, 1.82) is 0 Å². The molecule has 0 unspecified atom stereocenters. The molecule has 4 heteroatoms. The zero-order chi connectivity index (χ0) is 10.4. The smallest absolute Gasteiger partial charge is 0.115 e. The number of hydrogen-bond acceptors (Lipinski definition) is 4. The Kier molecular flexibility index (Phi) is 4.39. The predicted molar refractivity (Wildman–Crippen MR) is 52.9 cm³/mol. The molecule has 0 saturated carbocycles. The fraction of sp³-hybridized carbons (Fsp3) is 0.400. The van der Waals surface area contributed by atoms with Crippen LogP contribution in [0.25, 0.3) is 0 Å². The van der Waals surface area contributed by atoms with Crippen molar-refractivity contribution in [1.82, 2.24) is 5.32 Å². The summed E-state index contributed by atoms with van der Waals surface area (Å²) in [7, 11) is 0. The quantitative estimate of drug-likeness (QED) is 0.529. The maximum atomic E-state index is 9.03. The lowest BCUT2D eigenvalue weighted by atomic mass is 10.2. The SMILES string of the molecule is OC[C@H](O)CNCc1ccc(O)cc1. The second-order valence-electron chi connectivity index (χ2n) is 3.13. The number of benzene rings is 1. The zero-order valence-electron chi connectivity index (χ0n) is 7.85. The predicted octanol–water partition coefficient (Wildman–Crippen LogP) is -0.165. The van der Waals surface area contributed by atoms with Crippen molar-refractivity contribution in [2.75, 3.05) is 13.2 Å². The van der Waals surface area contributed by atoms with Crippen molar-refractivity contribution in [3.8, 4) is 5.75 Å². The summed E-state index contributed by atoms with van der Waals surface area (Å²) in [6.07, 6.45) is -0.716. The van der Waals surface area contributed by atoms with Crippen molar-refractivity contribution < 1.29 is 15.3 Å². The minimum absolute atomic E-state index is 0.234. The van der Waals surface area contributed by atoms with Gasteiger partial charge in [0.1, 0.15) is 5.75 Å². The average Bonchev–Trinajstić information content (AvgIpc) is 2.21. The highest BCUT2D eigenvalue weighted by Gasteiger charge is 2.00. The molecule has 4 nitrogen and oxygen atoms in total. The van der Waals surface area contributed by atoms with E-state index in [1.807, 2.05) is 0 Å². The third-order valence-corrected chi connectivity index (χ3v) is 1.86. The molecule has 0 saturated heterocycles. The summed E-state index contributed by atoms with van der Waals surface area (Å²) >= 11 is 0. The third-order valence-electron chi connectivity index (χ3n) is 1.86. The van der Waals surface area contributed by atoms with Crippen LogP contribution in [0.1, 0.15) is 5.56 Å². The number of phenolic OH excluding ortho intramolecular Hbond substituents is 1. The van der Waals surface area contributed by atoms with Crippen molar-refractivity contribution in [3.63, 3.8) is 0 Å². The maximum absolute atomic E-state index is 9.03. The van der Waals surface area contributed by atoms with Gasteiger partial charge in [-0.1, -0.05) is 12.1 Å². The molecule has 1 aromatic carbocycles. The van der Waals surface area contributed by atoms with E-state index in [0.717, 1.165) is 5.56 Å². The molecular weight excluding hydrogens is 182 g/mol. The molecule has 0 amide bonds. The molecule has 0 aliphatic carbocycles. The fourth-order valence-electron chi connectivity index (χ4n) is 1.06. The van der Waals surface area contributed by atoms with Crippen LogP contribution in [-0.2, 0) is 6.54 Å². The van der Waals surface area contributed by atoms with Crippen molar-refractivity contribution >= 4 is 0 Å². The maximum Gasteiger partial charge on any atom is 0.115 e. The Hall–Kier alpha value is -1.10. The Balaban J connectivity index is 2.28. The normalized spacial score (nSPS) is 12.7. The highest BCUT2D eigenvalue weighted by Crippen LogP contribution is 2.08. The van der Waals surface area contributed by atoms with Crippen LogP contribution in [0, 0.1) is 0 Å². The molecular formula is C10H15NO3. The van der Waals surface area contributed by atoms with Gasteiger partial charge >= 0.3 is 0 Å². The monoisotopic (exact) mass is 197 g/mol. The van der Waals surface area contributed by atoms with Crippen LogP contribution in [0.5, 0.6) is 5.75 Å². The van der Waals surface area contributed by atoms with Crippen LogP contribution < -0.4 is 5.32 Å². The second kappa shape index (κ2) is 5.59. The van der Waals surface area contributed by atoms with E-state index >= 15 is 0 Å². The Morgan fingerprint density at radius 3 is 2.43 bits per heavy atom. The molecule has 0 aliphatic rings. The van der Waals surface area contributed by atoms with Gasteiger partial charge in [0.25, 0.3) is 0 Å². The van der Waals surface area contributed by atoms with Gasteiger partial charge in [0.05, 0.1) is 12.7 Å². The number of hydrogen-bond donors (Lipinski definition) is 4.